The Labute approximate surface area is 111 Å². The van der Waals surface area contributed by atoms with Gasteiger partial charge in [-0.15, -0.1) is 0 Å². The van der Waals surface area contributed by atoms with Gasteiger partial charge in [0.2, 0.25) is 5.95 Å². The summed E-state index contributed by atoms with van der Waals surface area (Å²) in [5, 5.41) is 0. The molecule has 1 aromatic heterocycles. The van der Waals surface area contributed by atoms with Crippen LogP contribution < -0.4 is 4.90 Å². The van der Waals surface area contributed by atoms with Crippen LogP contribution in [0.5, 0.6) is 0 Å². The summed E-state index contributed by atoms with van der Waals surface area (Å²) in [5.41, 5.74) is 1.22. The van der Waals surface area contributed by atoms with Gasteiger partial charge in [0.05, 0.1) is 0 Å². The molecular weight excluding hydrogens is 222 g/mol. The van der Waals surface area contributed by atoms with E-state index < -0.39 is 0 Å². The fourth-order valence-electron chi connectivity index (χ4n) is 2.56. The van der Waals surface area contributed by atoms with Gasteiger partial charge < -0.3 is 4.90 Å². The molecule has 1 aliphatic rings. The van der Waals surface area contributed by atoms with Gasteiger partial charge in [0.1, 0.15) is 0 Å². The van der Waals surface area contributed by atoms with Crippen molar-refractivity contribution in [3.05, 3.63) is 18.0 Å². The third kappa shape index (κ3) is 3.01. The second-order valence-corrected chi connectivity index (χ2v) is 6.04. The zero-order valence-corrected chi connectivity index (χ0v) is 12.1. The minimum absolute atomic E-state index is 0.505. The van der Waals surface area contributed by atoms with Gasteiger partial charge in [-0.05, 0) is 36.2 Å². The lowest BCUT2D eigenvalue weighted by atomic mass is 9.87. The van der Waals surface area contributed by atoms with Crippen LogP contribution in [-0.4, -0.2) is 23.1 Å². The number of hydrogen-bond donors (Lipinski definition) is 0. The molecule has 1 saturated heterocycles. The third-order valence-corrected chi connectivity index (χ3v) is 4.09. The second-order valence-electron chi connectivity index (χ2n) is 6.04. The Hall–Kier alpha value is -1.12. The van der Waals surface area contributed by atoms with E-state index in [9.17, 15) is 0 Å². The topological polar surface area (TPSA) is 29.0 Å². The largest absolute Gasteiger partial charge is 0.341 e. The second kappa shape index (κ2) is 5.68. The monoisotopic (exact) mass is 247 g/mol. The first-order valence-electron chi connectivity index (χ1n) is 7.14. The lowest BCUT2D eigenvalue weighted by Crippen LogP contribution is -2.36. The highest BCUT2D eigenvalue weighted by molar-refractivity contribution is 5.31. The molecule has 0 bridgehead atoms. The summed E-state index contributed by atoms with van der Waals surface area (Å²) in [5.74, 6) is 3.08. The predicted octanol–water partition coefficient (Wildman–Crippen LogP) is 3.47. The maximum Gasteiger partial charge on any atom is 0.225 e. The molecule has 3 nitrogen and oxygen atoms in total. The fourth-order valence-corrected chi connectivity index (χ4v) is 2.56. The Balaban J connectivity index is 1.97. The van der Waals surface area contributed by atoms with Gasteiger partial charge in [0, 0.05) is 25.5 Å². The molecular formula is C15H25N3. The van der Waals surface area contributed by atoms with Crippen LogP contribution in [0.25, 0.3) is 0 Å². The first-order chi connectivity index (χ1) is 8.58. The van der Waals surface area contributed by atoms with E-state index in [0.717, 1.165) is 30.9 Å². The summed E-state index contributed by atoms with van der Waals surface area (Å²) in [4.78, 5) is 11.3. The maximum atomic E-state index is 4.51. The molecule has 0 aliphatic carbocycles. The number of hydrogen-bond acceptors (Lipinski definition) is 3. The Bertz CT molecular complexity index is 362. The average molecular weight is 247 g/mol. The molecule has 2 heterocycles. The van der Waals surface area contributed by atoms with Crippen molar-refractivity contribution in [1.29, 1.82) is 0 Å². The molecule has 1 fully saturated rings. The molecule has 1 aliphatic heterocycles. The van der Waals surface area contributed by atoms with E-state index in [1.807, 2.05) is 12.4 Å². The molecule has 0 aromatic carbocycles. The molecule has 0 spiro atoms. The minimum atomic E-state index is 0.505. The Morgan fingerprint density at radius 2 is 1.61 bits per heavy atom. The Morgan fingerprint density at radius 1 is 1.06 bits per heavy atom. The molecule has 18 heavy (non-hydrogen) atoms. The molecule has 1 aromatic rings. The average Bonchev–Trinajstić information content (AvgIpc) is 2.39. The van der Waals surface area contributed by atoms with Crippen LogP contribution in [0.15, 0.2) is 12.4 Å². The van der Waals surface area contributed by atoms with E-state index in [1.165, 1.54) is 18.4 Å². The normalized spacial score (nSPS) is 17.8. The van der Waals surface area contributed by atoms with Gasteiger partial charge in [0.15, 0.2) is 0 Å². The molecule has 0 saturated carbocycles. The van der Waals surface area contributed by atoms with E-state index in [-0.39, 0.29) is 0 Å². The third-order valence-electron chi connectivity index (χ3n) is 4.09. The van der Waals surface area contributed by atoms with Gasteiger partial charge in [-0.25, -0.2) is 9.97 Å². The van der Waals surface area contributed by atoms with Crippen LogP contribution in [0.2, 0.25) is 0 Å². The Kier molecular flexibility index (Phi) is 4.20. The van der Waals surface area contributed by atoms with Gasteiger partial charge >= 0.3 is 0 Å². The summed E-state index contributed by atoms with van der Waals surface area (Å²) >= 11 is 0. The van der Waals surface area contributed by atoms with Gasteiger partial charge in [-0.3, -0.25) is 0 Å². The standard InChI is InChI=1S/C15H25N3/c1-11(2)13-5-7-18(8-6-13)15-16-9-14(10-17-15)12(3)4/h9-13H,5-8H2,1-4H3. The van der Waals surface area contributed by atoms with Crippen molar-refractivity contribution < 1.29 is 0 Å². The first kappa shape index (κ1) is 13.3. The summed E-state index contributed by atoms with van der Waals surface area (Å²) in [7, 11) is 0. The van der Waals surface area contributed by atoms with Crippen LogP contribution in [0.1, 0.15) is 52.0 Å². The molecule has 3 heteroatoms. The number of rotatable bonds is 3. The number of anilines is 1. The summed E-state index contributed by atoms with van der Waals surface area (Å²) in [6.45, 7) is 11.2. The lowest BCUT2D eigenvalue weighted by molar-refractivity contribution is 0.310. The Morgan fingerprint density at radius 3 is 2.06 bits per heavy atom. The molecule has 0 radical (unpaired) electrons. The molecule has 0 N–H and O–H groups in total. The summed E-state index contributed by atoms with van der Waals surface area (Å²) in [6, 6.07) is 0. The van der Waals surface area contributed by atoms with E-state index in [2.05, 4.69) is 42.6 Å². The highest BCUT2D eigenvalue weighted by Crippen LogP contribution is 2.26. The van der Waals surface area contributed by atoms with Crippen molar-refractivity contribution in [3.63, 3.8) is 0 Å². The van der Waals surface area contributed by atoms with Crippen molar-refractivity contribution in [2.75, 3.05) is 18.0 Å². The summed E-state index contributed by atoms with van der Waals surface area (Å²) < 4.78 is 0. The van der Waals surface area contributed by atoms with Crippen LogP contribution in [0.3, 0.4) is 0 Å². The fraction of sp³-hybridized carbons (Fsp3) is 0.733. The van der Waals surface area contributed by atoms with E-state index in [4.69, 9.17) is 0 Å². The highest BCUT2D eigenvalue weighted by atomic mass is 15.2. The first-order valence-corrected chi connectivity index (χ1v) is 7.14. The van der Waals surface area contributed by atoms with Crippen LogP contribution in [0, 0.1) is 11.8 Å². The van der Waals surface area contributed by atoms with E-state index in [1.54, 1.807) is 0 Å². The van der Waals surface area contributed by atoms with Crippen LogP contribution in [0.4, 0.5) is 5.95 Å². The summed E-state index contributed by atoms with van der Waals surface area (Å²) in [6.07, 6.45) is 6.49. The van der Waals surface area contributed by atoms with Gasteiger partial charge in [-0.1, -0.05) is 27.7 Å². The zero-order valence-electron chi connectivity index (χ0n) is 12.1. The van der Waals surface area contributed by atoms with Crippen molar-refractivity contribution in [2.45, 2.75) is 46.5 Å². The van der Waals surface area contributed by atoms with Crippen molar-refractivity contribution in [2.24, 2.45) is 11.8 Å². The van der Waals surface area contributed by atoms with Gasteiger partial charge in [-0.2, -0.15) is 0 Å². The highest BCUT2D eigenvalue weighted by Gasteiger charge is 2.22. The SMILES string of the molecule is CC(C)c1cnc(N2CCC(C(C)C)CC2)nc1. The maximum absolute atomic E-state index is 4.51. The molecule has 100 valence electrons. The number of nitrogens with zero attached hydrogens (tertiary/aromatic N) is 3. The molecule has 0 amide bonds. The molecule has 0 unspecified atom stereocenters. The van der Waals surface area contributed by atoms with Gasteiger partial charge in [0.25, 0.3) is 0 Å². The van der Waals surface area contributed by atoms with E-state index in [0.29, 0.717) is 5.92 Å². The quantitative estimate of drug-likeness (QED) is 0.819. The number of aromatic nitrogens is 2. The predicted molar refractivity (Wildman–Crippen MR) is 75.9 cm³/mol. The number of piperidine rings is 1. The smallest absolute Gasteiger partial charge is 0.225 e. The molecule has 2 rings (SSSR count). The lowest BCUT2D eigenvalue weighted by Gasteiger charge is -2.33. The zero-order chi connectivity index (χ0) is 13.1. The van der Waals surface area contributed by atoms with Crippen LogP contribution >= 0.6 is 0 Å². The van der Waals surface area contributed by atoms with Crippen LogP contribution in [-0.2, 0) is 0 Å². The molecule has 0 atom stereocenters. The van der Waals surface area contributed by atoms with Crippen molar-refractivity contribution in [1.82, 2.24) is 9.97 Å². The van der Waals surface area contributed by atoms with Crippen molar-refractivity contribution in [3.8, 4) is 0 Å². The van der Waals surface area contributed by atoms with Crippen molar-refractivity contribution >= 4 is 5.95 Å². The minimum Gasteiger partial charge on any atom is -0.341 e. The van der Waals surface area contributed by atoms with E-state index >= 15 is 0 Å².